The monoisotopic (exact) mass is 495 g/mol. The van der Waals surface area contributed by atoms with E-state index in [4.69, 9.17) is 9.47 Å². The molecule has 1 fully saturated rings. The number of ether oxygens (including phenoxy) is 3. The van der Waals surface area contributed by atoms with Gasteiger partial charge in [0.2, 0.25) is 0 Å². The molecule has 0 spiro atoms. The van der Waals surface area contributed by atoms with Gasteiger partial charge in [-0.25, -0.2) is 4.79 Å². The molecule has 11 heteroatoms. The summed E-state index contributed by atoms with van der Waals surface area (Å²) in [4.78, 5) is 27.2. The van der Waals surface area contributed by atoms with E-state index >= 15 is 0 Å². The van der Waals surface area contributed by atoms with Crippen LogP contribution in [-0.4, -0.2) is 68.3 Å². The summed E-state index contributed by atoms with van der Waals surface area (Å²) in [5.41, 5.74) is 1.41. The number of alkyl halides is 3. The first kappa shape index (κ1) is 26.1. The number of rotatable bonds is 9. The fourth-order valence-corrected chi connectivity index (χ4v) is 3.46. The normalized spacial score (nSPS) is 15.6. The molecule has 1 saturated heterocycles. The number of amides is 2. The largest absolute Gasteiger partial charge is 0.573 e. The highest BCUT2D eigenvalue weighted by molar-refractivity contribution is 5.84. The van der Waals surface area contributed by atoms with Gasteiger partial charge < -0.3 is 29.7 Å². The maximum atomic E-state index is 13.0. The predicted molar refractivity (Wildman–Crippen MR) is 122 cm³/mol. The molecule has 2 amide bonds. The first-order valence-electron chi connectivity index (χ1n) is 11.2. The number of morpholine rings is 1. The van der Waals surface area contributed by atoms with Gasteiger partial charge in [0.15, 0.2) is 6.10 Å². The number of alkyl carbamates (subject to hydrolysis) is 1. The van der Waals surface area contributed by atoms with Crippen molar-refractivity contribution in [1.82, 2.24) is 10.2 Å². The Bertz CT molecular complexity index is 951. The molecule has 1 heterocycles. The number of nitrogens with one attached hydrogen (secondary N) is 2. The molecule has 8 nitrogen and oxygen atoms in total. The van der Waals surface area contributed by atoms with Crippen LogP contribution >= 0.6 is 0 Å². The van der Waals surface area contributed by atoms with Crippen molar-refractivity contribution in [3.05, 3.63) is 60.2 Å². The number of carbonyl (C=O) groups excluding carboxylic acids is 2. The van der Waals surface area contributed by atoms with Crippen molar-refractivity contribution in [1.29, 1.82) is 0 Å². The first-order chi connectivity index (χ1) is 16.7. The molecule has 1 aliphatic rings. The van der Waals surface area contributed by atoms with E-state index < -0.39 is 24.6 Å². The smallest absolute Gasteiger partial charge is 0.436 e. The van der Waals surface area contributed by atoms with Crippen LogP contribution in [0.2, 0.25) is 0 Å². The molecule has 190 valence electrons. The fraction of sp³-hybridized carbons (Fsp3) is 0.417. The van der Waals surface area contributed by atoms with Gasteiger partial charge in [-0.2, -0.15) is 0 Å². The van der Waals surface area contributed by atoms with Crippen LogP contribution in [0.4, 0.5) is 23.7 Å². The van der Waals surface area contributed by atoms with E-state index in [-0.39, 0.29) is 24.6 Å². The van der Waals surface area contributed by atoms with E-state index in [1.54, 1.807) is 11.8 Å². The molecule has 0 bridgehead atoms. The average Bonchev–Trinajstić information content (AvgIpc) is 2.83. The SMILES string of the molecule is C[C@@H](CNc1ccc(OC(F)(F)F)cc1)NC(=O)O[C@@H](Cc1ccccc1)C(=O)N1CCOCC1. The second-order valence-corrected chi connectivity index (χ2v) is 8.02. The van der Waals surface area contributed by atoms with E-state index in [2.05, 4.69) is 15.4 Å². The number of hydrogen-bond acceptors (Lipinski definition) is 6. The van der Waals surface area contributed by atoms with E-state index in [0.29, 0.717) is 32.0 Å². The van der Waals surface area contributed by atoms with Crippen LogP contribution in [0.25, 0.3) is 0 Å². The molecule has 0 saturated carbocycles. The molecule has 2 aromatic carbocycles. The molecule has 0 radical (unpaired) electrons. The summed E-state index contributed by atoms with van der Waals surface area (Å²) < 4.78 is 51.5. The van der Waals surface area contributed by atoms with Gasteiger partial charge in [-0.05, 0) is 36.8 Å². The van der Waals surface area contributed by atoms with Gasteiger partial charge in [0, 0.05) is 37.8 Å². The quantitative estimate of drug-likeness (QED) is 0.553. The highest BCUT2D eigenvalue weighted by atomic mass is 19.4. The molecule has 1 aliphatic heterocycles. The third-order valence-electron chi connectivity index (χ3n) is 5.18. The van der Waals surface area contributed by atoms with Crippen LogP contribution in [0.3, 0.4) is 0 Å². The Kier molecular flexibility index (Phi) is 9.18. The Balaban J connectivity index is 1.52. The Hall–Kier alpha value is -3.47. The lowest BCUT2D eigenvalue weighted by molar-refractivity contribution is -0.274. The Morgan fingerprint density at radius 2 is 1.71 bits per heavy atom. The van der Waals surface area contributed by atoms with Gasteiger partial charge in [0.25, 0.3) is 5.91 Å². The van der Waals surface area contributed by atoms with Crippen molar-refractivity contribution in [2.45, 2.75) is 31.9 Å². The van der Waals surface area contributed by atoms with Crippen molar-refractivity contribution in [3.63, 3.8) is 0 Å². The van der Waals surface area contributed by atoms with E-state index in [1.165, 1.54) is 24.3 Å². The number of anilines is 1. The van der Waals surface area contributed by atoms with Gasteiger partial charge in [0.1, 0.15) is 5.75 Å². The Morgan fingerprint density at radius 3 is 2.34 bits per heavy atom. The maximum absolute atomic E-state index is 13.0. The number of halogens is 3. The molecule has 0 aromatic heterocycles. The van der Waals surface area contributed by atoms with Crippen molar-refractivity contribution in [3.8, 4) is 5.75 Å². The number of hydrogen-bond donors (Lipinski definition) is 2. The molecule has 3 rings (SSSR count). The zero-order chi connectivity index (χ0) is 25.3. The van der Waals surface area contributed by atoms with Crippen molar-refractivity contribution in [2.24, 2.45) is 0 Å². The van der Waals surface area contributed by atoms with Crippen molar-refractivity contribution >= 4 is 17.7 Å². The van der Waals surface area contributed by atoms with Gasteiger partial charge >= 0.3 is 12.5 Å². The molecular formula is C24H28F3N3O5. The second kappa shape index (κ2) is 12.3. The second-order valence-electron chi connectivity index (χ2n) is 8.02. The summed E-state index contributed by atoms with van der Waals surface area (Å²) in [5, 5.41) is 5.69. The topological polar surface area (TPSA) is 89.1 Å². The minimum absolute atomic E-state index is 0.240. The first-order valence-corrected chi connectivity index (χ1v) is 11.2. The maximum Gasteiger partial charge on any atom is 0.573 e. The average molecular weight is 495 g/mol. The predicted octanol–water partition coefficient (Wildman–Crippen LogP) is 3.58. The highest BCUT2D eigenvalue weighted by Gasteiger charge is 2.31. The Morgan fingerprint density at radius 1 is 1.06 bits per heavy atom. The molecular weight excluding hydrogens is 467 g/mol. The third-order valence-corrected chi connectivity index (χ3v) is 5.18. The van der Waals surface area contributed by atoms with Crippen molar-refractivity contribution < 1.29 is 37.0 Å². The summed E-state index contributed by atoms with van der Waals surface area (Å²) in [6, 6.07) is 14.1. The molecule has 0 unspecified atom stereocenters. The molecule has 2 N–H and O–H groups in total. The van der Waals surface area contributed by atoms with Crippen LogP contribution in [0.1, 0.15) is 12.5 Å². The van der Waals surface area contributed by atoms with Crippen molar-refractivity contribution in [2.75, 3.05) is 38.2 Å². The summed E-state index contributed by atoms with van der Waals surface area (Å²) in [7, 11) is 0. The number of carbonyl (C=O) groups is 2. The standard InChI is InChI=1S/C24H28F3N3O5/c1-17(16-28-19-7-9-20(10-8-19)35-24(25,26)27)29-23(32)34-21(15-18-5-3-2-4-6-18)22(31)30-11-13-33-14-12-30/h2-10,17,21,28H,11-16H2,1H3,(H,29,32)/t17-,21-/m0/s1. The third kappa shape index (κ3) is 9.01. The summed E-state index contributed by atoms with van der Waals surface area (Å²) >= 11 is 0. The van der Waals surface area contributed by atoms with E-state index in [9.17, 15) is 22.8 Å². The summed E-state index contributed by atoms with van der Waals surface area (Å²) in [5.74, 6) is -0.605. The van der Waals surface area contributed by atoms with Crippen LogP contribution in [0.15, 0.2) is 54.6 Å². The van der Waals surface area contributed by atoms with Crippen LogP contribution in [0.5, 0.6) is 5.75 Å². The fourth-order valence-electron chi connectivity index (χ4n) is 3.46. The van der Waals surface area contributed by atoms with E-state index in [1.807, 2.05) is 30.3 Å². The van der Waals surface area contributed by atoms with Crippen LogP contribution < -0.4 is 15.4 Å². The lowest BCUT2D eigenvalue weighted by atomic mass is 10.1. The van der Waals surface area contributed by atoms with Gasteiger partial charge in [0.05, 0.1) is 13.2 Å². The lowest BCUT2D eigenvalue weighted by Gasteiger charge is -2.30. The highest BCUT2D eigenvalue weighted by Crippen LogP contribution is 2.24. The Labute approximate surface area is 201 Å². The molecule has 2 atom stereocenters. The number of benzene rings is 2. The van der Waals surface area contributed by atoms with Gasteiger partial charge in [-0.1, -0.05) is 30.3 Å². The zero-order valence-corrected chi connectivity index (χ0v) is 19.2. The van der Waals surface area contributed by atoms with E-state index in [0.717, 1.165) is 5.56 Å². The molecule has 35 heavy (non-hydrogen) atoms. The minimum atomic E-state index is -4.75. The minimum Gasteiger partial charge on any atom is -0.436 e. The lowest BCUT2D eigenvalue weighted by Crippen LogP contribution is -2.49. The summed E-state index contributed by atoms with van der Waals surface area (Å²) in [6.07, 6.45) is -6.24. The van der Waals surface area contributed by atoms with Crippen LogP contribution in [0, 0.1) is 0 Å². The van der Waals surface area contributed by atoms with Crippen LogP contribution in [-0.2, 0) is 20.7 Å². The molecule has 2 aromatic rings. The van der Waals surface area contributed by atoms with Gasteiger partial charge in [-0.3, -0.25) is 4.79 Å². The summed E-state index contributed by atoms with van der Waals surface area (Å²) in [6.45, 7) is 3.73. The zero-order valence-electron chi connectivity index (χ0n) is 19.2. The number of nitrogens with zero attached hydrogens (tertiary/aromatic N) is 1. The van der Waals surface area contributed by atoms with Gasteiger partial charge in [-0.15, -0.1) is 13.2 Å². The molecule has 0 aliphatic carbocycles.